The zero-order valence-corrected chi connectivity index (χ0v) is 15.2. The first-order valence-corrected chi connectivity index (χ1v) is 10.9. The Morgan fingerprint density at radius 1 is 1.21 bits per heavy atom. The average Bonchev–Trinajstić information content (AvgIpc) is 2.82. The third-order valence-electron chi connectivity index (χ3n) is 4.11. The van der Waals surface area contributed by atoms with Gasteiger partial charge in [0.05, 0.1) is 16.0 Å². The number of carbonyl (C=O) groups excluding carboxylic acids is 1. The molecule has 2 heterocycles. The van der Waals surface area contributed by atoms with E-state index in [0.717, 1.165) is 12.3 Å². The summed E-state index contributed by atoms with van der Waals surface area (Å²) in [5.74, 6) is 0. The lowest BCUT2D eigenvalue weighted by atomic mass is 10.1. The highest BCUT2D eigenvalue weighted by molar-refractivity contribution is 7.91. The van der Waals surface area contributed by atoms with Crippen molar-refractivity contribution < 1.29 is 21.6 Å². The molecule has 0 unspecified atom stereocenters. The van der Waals surface area contributed by atoms with E-state index in [0.29, 0.717) is 13.1 Å². The first kappa shape index (κ1) is 17.5. The Kier molecular flexibility index (Phi) is 4.27. The molecule has 0 radical (unpaired) electrons. The molecule has 0 saturated carbocycles. The van der Waals surface area contributed by atoms with E-state index in [2.05, 4.69) is 5.32 Å². The van der Waals surface area contributed by atoms with Crippen LogP contribution in [-0.4, -0.2) is 70.5 Å². The normalized spacial score (nSPS) is 20.1. The molecular formula is C13H16ClN3O5S2. The number of nitrogens with one attached hydrogen (secondary N) is 1. The molecule has 11 heteroatoms. The van der Waals surface area contributed by atoms with Crippen molar-refractivity contribution in [2.75, 3.05) is 32.4 Å². The van der Waals surface area contributed by atoms with Gasteiger partial charge in [0.15, 0.2) is 9.84 Å². The van der Waals surface area contributed by atoms with Crippen LogP contribution in [0.25, 0.3) is 0 Å². The quantitative estimate of drug-likeness (QED) is 0.783. The number of benzene rings is 1. The van der Waals surface area contributed by atoms with Crippen molar-refractivity contribution in [2.45, 2.75) is 15.8 Å². The number of hydrogen-bond donors (Lipinski definition) is 1. The minimum Gasteiger partial charge on any atom is -0.336 e. The monoisotopic (exact) mass is 393 g/mol. The molecule has 1 aromatic rings. The standard InChI is InChI=1S/C13H16ClN3O5S2/c1-23(19,20)10-2-3-11(14)12(6-10)24(21,22)16-7-9(8-16)17-5-4-15-13(17)18/h2-3,6,9H,4-5,7-8H2,1H3,(H,15,18). The molecule has 8 nitrogen and oxygen atoms in total. The van der Waals surface area contributed by atoms with E-state index in [9.17, 15) is 21.6 Å². The van der Waals surface area contributed by atoms with Gasteiger partial charge < -0.3 is 10.2 Å². The Morgan fingerprint density at radius 2 is 1.88 bits per heavy atom. The second-order valence-corrected chi connectivity index (χ2v) is 10.1. The van der Waals surface area contributed by atoms with E-state index in [1.54, 1.807) is 4.90 Å². The van der Waals surface area contributed by atoms with Crippen molar-refractivity contribution in [1.82, 2.24) is 14.5 Å². The molecule has 2 fully saturated rings. The molecule has 2 amide bonds. The molecule has 2 aliphatic rings. The zero-order chi connectivity index (χ0) is 17.7. The van der Waals surface area contributed by atoms with E-state index in [-0.39, 0.29) is 40.0 Å². The van der Waals surface area contributed by atoms with E-state index < -0.39 is 19.9 Å². The van der Waals surface area contributed by atoms with Crippen LogP contribution in [0.4, 0.5) is 4.79 Å². The molecule has 0 aliphatic carbocycles. The zero-order valence-electron chi connectivity index (χ0n) is 12.8. The number of hydrogen-bond acceptors (Lipinski definition) is 5. The van der Waals surface area contributed by atoms with Crippen LogP contribution in [0.1, 0.15) is 0 Å². The fourth-order valence-electron chi connectivity index (χ4n) is 2.70. The number of urea groups is 1. The molecule has 1 aromatic carbocycles. The lowest BCUT2D eigenvalue weighted by Gasteiger charge is -2.42. The van der Waals surface area contributed by atoms with Crippen molar-refractivity contribution in [3.8, 4) is 0 Å². The van der Waals surface area contributed by atoms with Crippen LogP contribution in [-0.2, 0) is 19.9 Å². The summed E-state index contributed by atoms with van der Waals surface area (Å²) in [7, 11) is -7.47. The van der Waals surface area contributed by atoms with Crippen LogP contribution in [0.5, 0.6) is 0 Å². The molecule has 2 saturated heterocycles. The predicted molar refractivity (Wildman–Crippen MR) is 87.2 cm³/mol. The fraction of sp³-hybridized carbons (Fsp3) is 0.462. The molecule has 1 N–H and O–H groups in total. The maximum atomic E-state index is 12.7. The number of halogens is 1. The van der Waals surface area contributed by atoms with Crippen molar-refractivity contribution >= 4 is 37.5 Å². The first-order valence-electron chi connectivity index (χ1n) is 7.15. The lowest BCUT2D eigenvalue weighted by molar-refractivity contribution is 0.124. The number of nitrogens with zero attached hydrogens (tertiary/aromatic N) is 2. The van der Waals surface area contributed by atoms with Gasteiger partial charge in [0.2, 0.25) is 10.0 Å². The van der Waals surface area contributed by atoms with Crippen LogP contribution < -0.4 is 5.32 Å². The highest BCUT2D eigenvalue weighted by Gasteiger charge is 2.43. The van der Waals surface area contributed by atoms with E-state index in [4.69, 9.17) is 11.6 Å². The van der Waals surface area contributed by atoms with Gasteiger partial charge in [-0.15, -0.1) is 0 Å². The number of carbonyl (C=O) groups is 1. The number of rotatable bonds is 4. The maximum Gasteiger partial charge on any atom is 0.317 e. The van der Waals surface area contributed by atoms with Gasteiger partial charge in [-0.2, -0.15) is 4.31 Å². The van der Waals surface area contributed by atoms with Crippen LogP contribution in [0, 0.1) is 0 Å². The minimum atomic E-state index is -3.92. The summed E-state index contributed by atoms with van der Waals surface area (Å²) in [6.07, 6.45) is 0.998. The van der Waals surface area contributed by atoms with Gasteiger partial charge in [-0.25, -0.2) is 21.6 Å². The summed E-state index contributed by atoms with van der Waals surface area (Å²) in [5.41, 5.74) is 0. The molecule has 24 heavy (non-hydrogen) atoms. The van der Waals surface area contributed by atoms with E-state index >= 15 is 0 Å². The average molecular weight is 394 g/mol. The first-order chi connectivity index (χ1) is 11.1. The van der Waals surface area contributed by atoms with Gasteiger partial charge in [-0.1, -0.05) is 11.6 Å². The third kappa shape index (κ3) is 2.99. The predicted octanol–water partition coefficient (Wildman–Crippen LogP) is 0.142. The van der Waals surface area contributed by atoms with Gasteiger partial charge in [0, 0.05) is 32.4 Å². The maximum absolute atomic E-state index is 12.7. The Balaban J connectivity index is 1.84. The largest absolute Gasteiger partial charge is 0.336 e. The molecule has 2 aliphatic heterocycles. The molecule has 0 aromatic heterocycles. The summed E-state index contributed by atoms with van der Waals surface area (Å²) in [6.45, 7) is 1.41. The molecule has 0 spiro atoms. The van der Waals surface area contributed by atoms with Gasteiger partial charge >= 0.3 is 6.03 Å². The summed E-state index contributed by atoms with van der Waals surface area (Å²) >= 11 is 5.97. The highest BCUT2D eigenvalue weighted by Crippen LogP contribution is 2.31. The Labute approximate surface area is 145 Å². The highest BCUT2D eigenvalue weighted by atomic mass is 35.5. The molecule has 132 valence electrons. The molecular weight excluding hydrogens is 378 g/mol. The second-order valence-electron chi connectivity index (χ2n) is 5.77. The third-order valence-corrected chi connectivity index (χ3v) is 7.53. The van der Waals surface area contributed by atoms with Gasteiger partial charge in [-0.05, 0) is 18.2 Å². The van der Waals surface area contributed by atoms with Gasteiger partial charge in [0.1, 0.15) is 4.90 Å². The van der Waals surface area contributed by atoms with E-state index in [1.165, 1.54) is 16.4 Å². The second kappa shape index (κ2) is 5.87. The lowest BCUT2D eigenvalue weighted by Crippen LogP contribution is -2.61. The van der Waals surface area contributed by atoms with Crippen LogP contribution in [0.3, 0.4) is 0 Å². The Hall–Kier alpha value is -1.36. The Bertz CT molecular complexity index is 894. The van der Waals surface area contributed by atoms with Gasteiger partial charge in [0.25, 0.3) is 0 Å². The van der Waals surface area contributed by atoms with E-state index in [1.807, 2.05) is 0 Å². The van der Waals surface area contributed by atoms with Crippen molar-refractivity contribution in [3.63, 3.8) is 0 Å². The van der Waals surface area contributed by atoms with Gasteiger partial charge in [-0.3, -0.25) is 0 Å². The van der Waals surface area contributed by atoms with Crippen molar-refractivity contribution in [3.05, 3.63) is 23.2 Å². The van der Waals surface area contributed by atoms with Crippen LogP contribution >= 0.6 is 11.6 Å². The Morgan fingerprint density at radius 3 is 2.42 bits per heavy atom. The molecule has 0 bridgehead atoms. The summed E-state index contributed by atoms with van der Waals surface area (Å²) < 4.78 is 49.8. The summed E-state index contributed by atoms with van der Waals surface area (Å²) in [5, 5.41) is 2.63. The van der Waals surface area contributed by atoms with Crippen LogP contribution in [0.15, 0.2) is 28.0 Å². The molecule has 0 atom stereocenters. The minimum absolute atomic E-state index is 0.0373. The topological polar surface area (TPSA) is 104 Å². The molecule has 3 rings (SSSR count). The number of sulfone groups is 1. The number of sulfonamides is 1. The summed E-state index contributed by atoms with van der Waals surface area (Å²) in [6, 6.07) is 3.22. The smallest absolute Gasteiger partial charge is 0.317 e. The fourth-order valence-corrected chi connectivity index (χ4v) is 5.43. The van der Waals surface area contributed by atoms with Crippen molar-refractivity contribution in [2.24, 2.45) is 0 Å². The summed E-state index contributed by atoms with van der Waals surface area (Å²) in [4.78, 5) is 12.9. The van der Waals surface area contributed by atoms with Crippen molar-refractivity contribution in [1.29, 1.82) is 0 Å². The number of amides is 2. The van der Waals surface area contributed by atoms with Crippen LogP contribution in [0.2, 0.25) is 5.02 Å². The SMILES string of the molecule is CS(=O)(=O)c1ccc(Cl)c(S(=O)(=O)N2CC(N3CCNC3=O)C2)c1.